The predicted octanol–water partition coefficient (Wildman–Crippen LogP) is 1.94. The van der Waals surface area contributed by atoms with E-state index < -0.39 is 10.2 Å². The number of hydrogen-bond donors (Lipinski definition) is 0. The van der Waals surface area contributed by atoms with Crippen LogP contribution in [0.25, 0.3) is 0 Å². The maximum atomic E-state index is 12.9. The lowest BCUT2D eigenvalue weighted by Gasteiger charge is -2.27. The van der Waals surface area contributed by atoms with Crippen molar-refractivity contribution in [3.63, 3.8) is 0 Å². The molecule has 3 heterocycles. The van der Waals surface area contributed by atoms with Crippen LogP contribution in [0.2, 0.25) is 0 Å². The van der Waals surface area contributed by atoms with Gasteiger partial charge in [0.05, 0.1) is 12.6 Å². The lowest BCUT2D eigenvalue weighted by molar-refractivity contribution is 0.157. The molecule has 2 fully saturated rings. The molecule has 2 atom stereocenters. The van der Waals surface area contributed by atoms with Crippen LogP contribution < -0.4 is 0 Å². The Hall–Kier alpha value is -0.890. The van der Waals surface area contributed by atoms with Gasteiger partial charge in [0.15, 0.2) is 0 Å². The van der Waals surface area contributed by atoms with Gasteiger partial charge in [0.1, 0.15) is 11.5 Å². The van der Waals surface area contributed by atoms with Crippen molar-refractivity contribution in [3.05, 3.63) is 23.7 Å². The van der Waals surface area contributed by atoms with Gasteiger partial charge in [-0.2, -0.15) is 17.0 Å². The van der Waals surface area contributed by atoms with E-state index in [1.54, 1.807) is 15.7 Å². The Labute approximate surface area is 132 Å². The highest BCUT2D eigenvalue weighted by molar-refractivity contribution is 7.86. The lowest BCUT2D eigenvalue weighted by Crippen LogP contribution is -2.42. The van der Waals surface area contributed by atoms with Crippen LogP contribution in [0.5, 0.6) is 0 Å². The first kappa shape index (κ1) is 16.0. The highest BCUT2D eigenvalue weighted by Crippen LogP contribution is 2.37. The average molecular weight is 328 g/mol. The molecular formula is C15H24N2O4S. The van der Waals surface area contributed by atoms with Crippen LogP contribution in [0, 0.1) is 12.8 Å². The molecule has 124 valence electrons. The monoisotopic (exact) mass is 328 g/mol. The van der Waals surface area contributed by atoms with Gasteiger partial charge in [0.25, 0.3) is 10.2 Å². The Morgan fingerprint density at radius 1 is 1.32 bits per heavy atom. The van der Waals surface area contributed by atoms with Gasteiger partial charge >= 0.3 is 0 Å². The summed E-state index contributed by atoms with van der Waals surface area (Å²) in [5.74, 6) is 1.87. The molecule has 0 aliphatic carbocycles. The number of aryl methyl sites for hydroxylation is 1. The lowest BCUT2D eigenvalue weighted by atomic mass is 10.1. The van der Waals surface area contributed by atoms with Gasteiger partial charge in [0.2, 0.25) is 0 Å². The Bertz CT molecular complexity index is 613. The van der Waals surface area contributed by atoms with Crippen molar-refractivity contribution in [2.45, 2.75) is 32.2 Å². The molecule has 7 heteroatoms. The van der Waals surface area contributed by atoms with Crippen LogP contribution in [0.3, 0.4) is 0 Å². The topological polar surface area (TPSA) is 63.0 Å². The summed E-state index contributed by atoms with van der Waals surface area (Å²) in [6.07, 6.45) is 2.56. The Balaban J connectivity index is 1.76. The SMILES string of the molecule is COC[C@@H]1CCN(S(=O)(=O)N2CCC[C@H]2c2ccc(C)o2)C1. The summed E-state index contributed by atoms with van der Waals surface area (Å²) >= 11 is 0. The highest BCUT2D eigenvalue weighted by atomic mass is 32.2. The van der Waals surface area contributed by atoms with Crippen molar-refractivity contribution in [2.75, 3.05) is 33.4 Å². The van der Waals surface area contributed by atoms with Gasteiger partial charge in [-0.05, 0) is 44.2 Å². The number of ether oxygens (including phenoxy) is 1. The molecule has 0 amide bonds. The summed E-state index contributed by atoms with van der Waals surface area (Å²) in [5.41, 5.74) is 0. The van der Waals surface area contributed by atoms with Gasteiger partial charge in [-0.3, -0.25) is 0 Å². The van der Waals surface area contributed by atoms with E-state index in [4.69, 9.17) is 9.15 Å². The van der Waals surface area contributed by atoms with E-state index in [0.717, 1.165) is 30.8 Å². The normalized spacial score (nSPS) is 27.7. The fourth-order valence-corrected chi connectivity index (χ4v) is 5.38. The summed E-state index contributed by atoms with van der Waals surface area (Å²) in [5, 5.41) is 0. The second kappa shape index (κ2) is 6.31. The molecule has 1 aromatic heterocycles. The van der Waals surface area contributed by atoms with E-state index in [0.29, 0.717) is 32.2 Å². The number of furan rings is 1. The largest absolute Gasteiger partial charge is 0.465 e. The molecule has 0 radical (unpaired) electrons. The molecule has 22 heavy (non-hydrogen) atoms. The van der Waals surface area contributed by atoms with Crippen molar-refractivity contribution in [1.29, 1.82) is 0 Å². The minimum absolute atomic E-state index is 0.167. The first-order chi connectivity index (χ1) is 10.5. The average Bonchev–Trinajstić information content (AvgIpc) is 3.17. The molecule has 6 nitrogen and oxygen atoms in total. The third-order valence-electron chi connectivity index (χ3n) is 4.57. The Kier molecular flexibility index (Phi) is 4.59. The predicted molar refractivity (Wildman–Crippen MR) is 82.6 cm³/mol. The molecule has 2 aliphatic rings. The van der Waals surface area contributed by atoms with Gasteiger partial charge in [0, 0.05) is 26.7 Å². The minimum atomic E-state index is -3.43. The molecule has 0 aromatic carbocycles. The van der Waals surface area contributed by atoms with E-state index >= 15 is 0 Å². The quantitative estimate of drug-likeness (QED) is 0.829. The van der Waals surface area contributed by atoms with Crippen LogP contribution in [0.15, 0.2) is 16.5 Å². The van der Waals surface area contributed by atoms with E-state index in [1.807, 2.05) is 19.1 Å². The minimum Gasteiger partial charge on any atom is -0.465 e. The number of rotatable bonds is 5. The standard InChI is InChI=1S/C15H24N2O4S/c1-12-5-6-15(21-12)14-4-3-8-17(14)22(18,19)16-9-7-13(10-16)11-20-2/h5-6,13-14H,3-4,7-11H2,1-2H3/t13-,14+/m1/s1. The van der Waals surface area contributed by atoms with E-state index in [1.165, 1.54) is 0 Å². The number of nitrogens with zero attached hydrogens (tertiary/aromatic N) is 2. The van der Waals surface area contributed by atoms with Crippen molar-refractivity contribution < 1.29 is 17.6 Å². The Morgan fingerprint density at radius 3 is 2.82 bits per heavy atom. The zero-order valence-electron chi connectivity index (χ0n) is 13.2. The van der Waals surface area contributed by atoms with Gasteiger partial charge < -0.3 is 9.15 Å². The second-order valence-electron chi connectivity index (χ2n) is 6.19. The molecule has 0 N–H and O–H groups in total. The van der Waals surface area contributed by atoms with Crippen molar-refractivity contribution >= 4 is 10.2 Å². The number of methoxy groups -OCH3 is 1. The Morgan fingerprint density at radius 2 is 2.14 bits per heavy atom. The second-order valence-corrected chi connectivity index (χ2v) is 8.07. The van der Waals surface area contributed by atoms with Crippen LogP contribution in [0.1, 0.15) is 36.8 Å². The van der Waals surface area contributed by atoms with E-state index in [-0.39, 0.29) is 6.04 Å². The van der Waals surface area contributed by atoms with E-state index in [2.05, 4.69) is 0 Å². The fourth-order valence-electron chi connectivity index (χ4n) is 3.46. The van der Waals surface area contributed by atoms with Crippen molar-refractivity contribution in [2.24, 2.45) is 5.92 Å². The third kappa shape index (κ3) is 2.95. The van der Waals surface area contributed by atoms with Gasteiger partial charge in [-0.1, -0.05) is 0 Å². The molecule has 2 aliphatic heterocycles. The third-order valence-corrected chi connectivity index (χ3v) is 6.58. The molecule has 3 rings (SSSR count). The maximum Gasteiger partial charge on any atom is 0.282 e. The fraction of sp³-hybridized carbons (Fsp3) is 0.733. The summed E-state index contributed by atoms with van der Waals surface area (Å²) in [7, 11) is -1.77. The molecule has 2 saturated heterocycles. The first-order valence-electron chi connectivity index (χ1n) is 7.84. The van der Waals surface area contributed by atoms with E-state index in [9.17, 15) is 8.42 Å². The smallest absolute Gasteiger partial charge is 0.282 e. The molecule has 0 spiro atoms. The van der Waals surface area contributed by atoms with Gasteiger partial charge in [-0.25, -0.2) is 0 Å². The summed E-state index contributed by atoms with van der Waals surface area (Å²) in [6.45, 7) is 4.20. The maximum absolute atomic E-state index is 12.9. The van der Waals surface area contributed by atoms with Crippen LogP contribution in [-0.4, -0.2) is 50.4 Å². The first-order valence-corrected chi connectivity index (χ1v) is 9.24. The van der Waals surface area contributed by atoms with Crippen LogP contribution in [0.4, 0.5) is 0 Å². The molecule has 0 unspecified atom stereocenters. The zero-order valence-corrected chi connectivity index (χ0v) is 14.0. The molecule has 1 aromatic rings. The van der Waals surface area contributed by atoms with Crippen molar-refractivity contribution in [3.8, 4) is 0 Å². The highest BCUT2D eigenvalue weighted by Gasteiger charge is 2.42. The van der Waals surface area contributed by atoms with Crippen LogP contribution >= 0.6 is 0 Å². The van der Waals surface area contributed by atoms with Gasteiger partial charge in [-0.15, -0.1) is 0 Å². The zero-order chi connectivity index (χ0) is 15.7. The molecular weight excluding hydrogens is 304 g/mol. The summed E-state index contributed by atoms with van der Waals surface area (Å²) in [6, 6.07) is 3.62. The summed E-state index contributed by atoms with van der Waals surface area (Å²) in [4.78, 5) is 0. The summed E-state index contributed by atoms with van der Waals surface area (Å²) < 4.78 is 39.9. The molecule has 0 bridgehead atoms. The molecule has 0 saturated carbocycles. The van der Waals surface area contributed by atoms with Crippen molar-refractivity contribution in [1.82, 2.24) is 8.61 Å². The number of hydrogen-bond acceptors (Lipinski definition) is 4. The van der Waals surface area contributed by atoms with Crippen LogP contribution in [-0.2, 0) is 14.9 Å².